The highest BCUT2D eigenvalue weighted by Crippen LogP contribution is 2.41. The Labute approximate surface area is 153 Å². The van der Waals surface area contributed by atoms with E-state index in [0.717, 1.165) is 5.69 Å². The lowest BCUT2D eigenvalue weighted by Gasteiger charge is -2.43. The van der Waals surface area contributed by atoms with E-state index in [-0.39, 0.29) is 5.95 Å². The molecule has 0 bridgehead atoms. The maximum Gasteiger partial charge on any atom is 0.298 e. The van der Waals surface area contributed by atoms with E-state index in [2.05, 4.69) is 58.9 Å². The van der Waals surface area contributed by atoms with Crippen LogP contribution in [0.15, 0.2) is 28.8 Å². The summed E-state index contributed by atoms with van der Waals surface area (Å²) in [6, 6.07) is 8.37. The van der Waals surface area contributed by atoms with Crippen LogP contribution in [-0.2, 0) is 0 Å². The maximum atomic E-state index is 11.7. The lowest BCUT2D eigenvalue weighted by molar-refractivity contribution is -0.681. The normalized spacial score (nSPS) is 12.6. The van der Waals surface area contributed by atoms with Gasteiger partial charge in [0.15, 0.2) is 5.95 Å². The predicted octanol–water partition coefficient (Wildman–Crippen LogP) is 3.52. The maximum absolute atomic E-state index is 11.7. The van der Waals surface area contributed by atoms with Crippen molar-refractivity contribution in [2.75, 3.05) is 0 Å². The van der Waals surface area contributed by atoms with E-state index < -0.39 is 8.07 Å². The van der Waals surface area contributed by atoms with Crippen LogP contribution in [0.25, 0.3) is 5.69 Å². The molecule has 0 atom stereocenters. The molecule has 23 heavy (non-hydrogen) atoms. The van der Waals surface area contributed by atoms with Crippen molar-refractivity contribution in [2.45, 2.75) is 58.2 Å². The SMILES string of the molecule is CC(C)[Si](c1ccccc1-[n+]1noc([O-])c1I)(C(C)C)C(C)C. The minimum absolute atomic E-state index is 0.383. The van der Waals surface area contributed by atoms with Crippen LogP contribution < -0.4 is 15.0 Å². The lowest BCUT2D eigenvalue weighted by Crippen LogP contribution is -2.59. The van der Waals surface area contributed by atoms with Crippen molar-refractivity contribution >= 4 is 35.9 Å². The number of aromatic nitrogens is 2. The van der Waals surface area contributed by atoms with Crippen LogP contribution in [0.2, 0.25) is 16.6 Å². The van der Waals surface area contributed by atoms with Crippen LogP contribution >= 0.6 is 22.6 Å². The van der Waals surface area contributed by atoms with E-state index in [1.807, 2.05) is 34.7 Å². The molecular formula is C17H25IN2O2Si. The monoisotopic (exact) mass is 444 g/mol. The third kappa shape index (κ3) is 2.95. The zero-order chi connectivity index (χ0) is 17.4. The standard InChI is InChI=1S/C17H25IN2O2Si/c1-11(2)23(12(3)4,13(5)6)15-10-8-7-9-14(15)20-16(18)17(21)22-19-20/h7-13H,1-6H3. The minimum atomic E-state index is -1.85. The molecular weight excluding hydrogens is 419 g/mol. The van der Waals surface area contributed by atoms with E-state index >= 15 is 0 Å². The summed E-state index contributed by atoms with van der Waals surface area (Å²) in [5.74, 6) is -0.383. The Balaban J connectivity index is 2.79. The highest BCUT2D eigenvalue weighted by atomic mass is 127. The van der Waals surface area contributed by atoms with Crippen LogP contribution in [-0.4, -0.2) is 13.3 Å². The van der Waals surface area contributed by atoms with Crippen molar-refractivity contribution in [2.24, 2.45) is 0 Å². The first-order valence-electron chi connectivity index (χ1n) is 8.08. The fourth-order valence-electron chi connectivity index (χ4n) is 4.35. The summed E-state index contributed by atoms with van der Waals surface area (Å²) < 4.78 is 7.02. The summed E-state index contributed by atoms with van der Waals surface area (Å²) in [4.78, 5) is 0. The van der Waals surface area contributed by atoms with Gasteiger partial charge in [-0.15, -0.1) is 0 Å². The van der Waals surface area contributed by atoms with Gasteiger partial charge in [0.2, 0.25) is 5.69 Å². The fraction of sp³-hybridized carbons (Fsp3) is 0.529. The van der Waals surface area contributed by atoms with E-state index in [1.165, 1.54) is 5.19 Å². The van der Waals surface area contributed by atoms with Gasteiger partial charge in [-0.05, 0) is 21.3 Å². The fourth-order valence-corrected chi connectivity index (χ4v) is 11.7. The van der Waals surface area contributed by atoms with Gasteiger partial charge in [-0.3, -0.25) is 0 Å². The molecule has 0 aliphatic carbocycles. The van der Waals surface area contributed by atoms with Crippen molar-refractivity contribution in [3.63, 3.8) is 0 Å². The van der Waals surface area contributed by atoms with Crippen molar-refractivity contribution in [3.8, 4) is 11.6 Å². The molecule has 0 aliphatic rings. The average Bonchev–Trinajstić information content (AvgIpc) is 2.79. The highest BCUT2D eigenvalue weighted by molar-refractivity contribution is 14.1. The molecule has 4 nitrogen and oxygen atoms in total. The van der Waals surface area contributed by atoms with E-state index in [0.29, 0.717) is 20.3 Å². The smallest absolute Gasteiger partial charge is 0.298 e. The molecule has 1 aromatic carbocycles. The van der Waals surface area contributed by atoms with E-state index in [9.17, 15) is 5.11 Å². The second kappa shape index (κ2) is 6.92. The van der Waals surface area contributed by atoms with Crippen LogP contribution in [0.3, 0.4) is 0 Å². The van der Waals surface area contributed by atoms with Gasteiger partial charge in [-0.1, -0.05) is 59.7 Å². The minimum Gasteiger partial charge on any atom is -0.538 e. The molecule has 0 unspecified atom stereocenters. The molecule has 6 heteroatoms. The Kier molecular flexibility index (Phi) is 5.55. The second-order valence-electron chi connectivity index (χ2n) is 6.98. The third-order valence-electron chi connectivity index (χ3n) is 5.02. The van der Waals surface area contributed by atoms with Gasteiger partial charge >= 0.3 is 0 Å². The van der Waals surface area contributed by atoms with Gasteiger partial charge in [-0.2, -0.15) is 0 Å². The first-order chi connectivity index (χ1) is 10.7. The molecule has 0 fully saturated rings. The number of halogens is 1. The van der Waals surface area contributed by atoms with Crippen molar-refractivity contribution in [1.82, 2.24) is 5.27 Å². The quantitative estimate of drug-likeness (QED) is 0.403. The summed E-state index contributed by atoms with van der Waals surface area (Å²) in [7, 11) is -1.85. The van der Waals surface area contributed by atoms with Gasteiger partial charge < -0.3 is 9.63 Å². The van der Waals surface area contributed by atoms with Crippen LogP contribution in [0.5, 0.6) is 5.95 Å². The Hall–Kier alpha value is -0.893. The van der Waals surface area contributed by atoms with Crippen molar-refractivity contribution in [3.05, 3.63) is 28.0 Å². The Morgan fingerprint density at radius 3 is 2.00 bits per heavy atom. The first-order valence-corrected chi connectivity index (χ1v) is 11.4. The van der Waals surface area contributed by atoms with Gasteiger partial charge in [0.25, 0.3) is 3.70 Å². The van der Waals surface area contributed by atoms with Crippen LogP contribution in [0.4, 0.5) is 0 Å². The summed E-state index contributed by atoms with van der Waals surface area (Å²) in [5.41, 5.74) is 2.74. The number of para-hydroxylation sites is 1. The lowest BCUT2D eigenvalue weighted by atomic mass is 10.3. The average molecular weight is 444 g/mol. The predicted molar refractivity (Wildman–Crippen MR) is 101 cm³/mol. The van der Waals surface area contributed by atoms with Crippen molar-refractivity contribution < 1.29 is 14.3 Å². The Morgan fingerprint density at radius 1 is 1.04 bits per heavy atom. The van der Waals surface area contributed by atoms with E-state index in [4.69, 9.17) is 4.52 Å². The Morgan fingerprint density at radius 2 is 1.57 bits per heavy atom. The highest BCUT2D eigenvalue weighted by Gasteiger charge is 2.47. The molecule has 0 saturated carbocycles. The summed E-state index contributed by atoms with van der Waals surface area (Å²) >= 11 is 2.01. The molecule has 0 aliphatic heterocycles. The summed E-state index contributed by atoms with van der Waals surface area (Å²) in [6.07, 6.45) is 0. The third-order valence-corrected chi connectivity index (χ3v) is 13.0. The molecule has 126 valence electrons. The first kappa shape index (κ1) is 18.4. The number of hydrogen-bond donors (Lipinski definition) is 0. The summed E-state index contributed by atoms with van der Waals surface area (Å²) in [6.45, 7) is 14.0. The Bertz CT molecular complexity index is 661. The number of benzene rings is 1. The second-order valence-corrected chi connectivity index (χ2v) is 13.9. The van der Waals surface area contributed by atoms with Gasteiger partial charge in [0.05, 0.1) is 5.27 Å². The van der Waals surface area contributed by atoms with Crippen molar-refractivity contribution in [1.29, 1.82) is 0 Å². The van der Waals surface area contributed by atoms with Gasteiger partial charge in [-0.25, -0.2) is 0 Å². The van der Waals surface area contributed by atoms with E-state index in [1.54, 1.807) is 4.68 Å². The molecule has 0 amide bonds. The molecule has 0 N–H and O–H groups in total. The van der Waals surface area contributed by atoms with Crippen LogP contribution in [0.1, 0.15) is 41.5 Å². The molecule has 2 aromatic rings. The molecule has 1 heterocycles. The zero-order valence-electron chi connectivity index (χ0n) is 14.6. The van der Waals surface area contributed by atoms with Gasteiger partial charge in [0, 0.05) is 33.8 Å². The largest absolute Gasteiger partial charge is 0.538 e. The number of rotatable bonds is 5. The molecule has 0 saturated heterocycles. The number of nitrogens with zero attached hydrogens (tertiary/aromatic N) is 2. The molecule has 0 radical (unpaired) electrons. The van der Waals surface area contributed by atoms with Crippen LogP contribution in [0, 0.1) is 3.70 Å². The molecule has 2 rings (SSSR count). The topological polar surface area (TPSA) is 53.0 Å². The summed E-state index contributed by atoms with van der Waals surface area (Å²) in [5, 5.41) is 17.1. The van der Waals surface area contributed by atoms with Gasteiger partial charge in [0.1, 0.15) is 8.07 Å². The zero-order valence-corrected chi connectivity index (χ0v) is 17.8. The molecule has 0 spiro atoms. The molecule has 1 aromatic heterocycles. The number of hydrogen-bond acceptors (Lipinski definition) is 3.